The fourth-order valence-electron chi connectivity index (χ4n) is 3.54. The van der Waals surface area contributed by atoms with Crippen molar-refractivity contribution in [3.8, 4) is 0 Å². The van der Waals surface area contributed by atoms with Gasteiger partial charge >= 0.3 is 0 Å². The Labute approximate surface area is 153 Å². The molecule has 1 aliphatic rings. The Morgan fingerprint density at radius 1 is 1.00 bits per heavy atom. The van der Waals surface area contributed by atoms with Crippen molar-refractivity contribution in [3.63, 3.8) is 0 Å². The molecule has 4 rings (SSSR count). The molecule has 4 heteroatoms. The number of aryl methyl sites for hydroxylation is 2. The van der Waals surface area contributed by atoms with Crippen LogP contribution in [-0.2, 0) is 6.42 Å². The number of rotatable bonds is 3. The first-order chi connectivity index (χ1) is 12.6. The van der Waals surface area contributed by atoms with Gasteiger partial charge in [0, 0.05) is 24.1 Å². The van der Waals surface area contributed by atoms with E-state index >= 15 is 0 Å². The molecular formula is C22H21N3O. The zero-order valence-electron chi connectivity index (χ0n) is 15.0. The average molecular weight is 343 g/mol. The summed E-state index contributed by atoms with van der Waals surface area (Å²) in [5, 5.41) is 3.36. The van der Waals surface area contributed by atoms with Crippen LogP contribution in [0.5, 0.6) is 0 Å². The Morgan fingerprint density at radius 2 is 1.77 bits per heavy atom. The van der Waals surface area contributed by atoms with E-state index in [-0.39, 0.29) is 5.91 Å². The van der Waals surface area contributed by atoms with Gasteiger partial charge in [0.25, 0.3) is 5.91 Å². The molecule has 0 unspecified atom stereocenters. The van der Waals surface area contributed by atoms with Crippen molar-refractivity contribution < 1.29 is 4.79 Å². The summed E-state index contributed by atoms with van der Waals surface area (Å²) < 4.78 is 0. The summed E-state index contributed by atoms with van der Waals surface area (Å²) in [6.07, 6.45) is 4.28. The minimum atomic E-state index is -0.00785. The minimum Gasteiger partial charge on any atom is -0.354 e. The van der Waals surface area contributed by atoms with Crippen LogP contribution in [0.25, 0.3) is 0 Å². The topological polar surface area (TPSA) is 45.2 Å². The zero-order valence-corrected chi connectivity index (χ0v) is 15.0. The van der Waals surface area contributed by atoms with E-state index in [0.29, 0.717) is 12.1 Å². The largest absolute Gasteiger partial charge is 0.354 e. The molecular weight excluding hydrogens is 322 g/mol. The highest BCUT2D eigenvalue weighted by molar-refractivity contribution is 6.07. The summed E-state index contributed by atoms with van der Waals surface area (Å²) in [6.45, 7) is 4.86. The molecule has 1 aromatic heterocycles. The van der Waals surface area contributed by atoms with Crippen LogP contribution in [0.3, 0.4) is 0 Å². The average Bonchev–Trinajstić information content (AvgIpc) is 3.04. The molecule has 1 amide bonds. The fourth-order valence-corrected chi connectivity index (χ4v) is 3.54. The quantitative estimate of drug-likeness (QED) is 0.753. The summed E-state index contributed by atoms with van der Waals surface area (Å²) >= 11 is 0. The molecule has 1 aliphatic heterocycles. The van der Waals surface area contributed by atoms with Gasteiger partial charge in [0.1, 0.15) is 0 Å². The van der Waals surface area contributed by atoms with Crippen LogP contribution in [0.15, 0.2) is 60.9 Å². The summed E-state index contributed by atoms with van der Waals surface area (Å²) in [6, 6.07) is 16.2. The standard InChI is InChI=1S/C22H21N3O/c1-15-9-16(2)11-19(10-15)24-20-12-18(13-23-14-20)22(26)25-8-7-17-5-3-4-6-21(17)25/h3-6,9-14,24H,7-8H2,1-2H3. The molecule has 0 atom stereocenters. The number of nitrogens with zero attached hydrogens (tertiary/aromatic N) is 2. The van der Waals surface area contributed by atoms with E-state index in [0.717, 1.165) is 23.5 Å². The SMILES string of the molecule is Cc1cc(C)cc(Nc2cncc(C(=O)N3CCc4ccccc43)c2)c1. The predicted octanol–water partition coefficient (Wildman–Crippen LogP) is 4.64. The van der Waals surface area contributed by atoms with Crippen molar-refractivity contribution >= 4 is 23.0 Å². The van der Waals surface area contributed by atoms with Gasteiger partial charge in [-0.2, -0.15) is 0 Å². The highest BCUT2D eigenvalue weighted by Crippen LogP contribution is 2.29. The molecule has 2 heterocycles. The van der Waals surface area contributed by atoms with E-state index in [4.69, 9.17) is 0 Å². The van der Waals surface area contributed by atoms with E-state index in [2.05, 4.69) is 48.4 Å². The normalized spacial score (nSPS) is 12.8. The Kier molecular flexibility index (Phi) is 4.17. The second-order valence-electron chi connectivity index (χ2n) is 6.80. The number of anilines is 3. The van der Waals surface area contributed by atoms with Crippen LogP contribution in [0.4, 0.5) is 17.1 Å². The number of para-hydroxylation sites is 1. The molecule has 0 fully saturated rings. The van der Waals surface area contributed by atoms with Crippen molar-refractivity contribution in [1.82, 2.24) is 4.98 Å². The predicted molar refractivity (Wildman–Crippen MR) is 105 cm³/mol. The van der Waals surface area contributed by atoms with Gasteiger partial charge in [0.05, 0.1) is 17.4 Å². The Hall–Kier alpha value is -3.14. The first-order valence-electron chi connectivity index (χ1n) is 8.80. The van der Waals surface area contributed by atoms with Gasteiger partial charge in [0.15, 0.2) is 0 Å². The second-order valence-corrected chi connectivity index (χ2v) is 6.80. The maximum Gasteiger partial charge on any atom is 0.259 e. The first-order valence-corrected chi connectivity index (χ1v) is 8.80. The third-order valence-corrected chi connectivity index (χ3v) is 4.63. The Morgan fingerprint density at radius 3 is 2.58 bits per heavy atom. The molecule has 4 nitrogen and oxygen atoms in total. The zero-order chi connectivity index (χ0) is 18.1. The van der Waals surface area contributed by atoms with Gasteiger partial charge in [-0.15, -0.1) is 0 Å². The van der Waals surface area contributed by atoms with Crippen LogP contribution in [0.2, 0.25) is 0 Å². The van der Waals surface area contributed by atoms with Crippen LogP contribution in [0, 0.1) is 13.8 Å². The van der Waals surface area contributed by atoms with Crippen LogP contribution in [0.1, 0.15) is 27.0 Å². The minimum absolute atomic E-state index is 0.00785. The second kappa shape index (κ2) is 6.64. The Bertz CT molecular complexity index is 960. The van der Waals surface area contributed by atoms with Crippen molar-refractivity contribution in [2.24, 2.45) is 0 Å². The van der Waals surface area contributed by atoms with E-state index in [1.165, 1.54) is 16.7 Å². The van der Waals surface area contributed by atoms with E-state index in [1.54, 1.807) is 12.4 Å². The summed E-state index contributed by atoms with van der Waals surface area (Å²) in [4.78, 5) is 19.1. The number of fused-ring (bicyclic) bond motifs is 1. The van der Waals surface area contributed by atoms with Gasteiger partial charge < -0.3 is 10.2 Å². The number of hydrogen-bond acceptors (Lipinski definition) is 3. The lowest BCUT2D eigenvalue weighted by Crippen LogP contribution is -2.29. The third-order valence-electron chi connectivity index (χ3n) is 4.63. The number of benzene rings is 2. The van der Waals surface area contributed by atoms with Gasteiger partial charge in [0.2, 0.25) is 0 Å². The molecule has 26 heavy (non-hydrogen) atoms. The van der Waals surface area contributed by atoms with Crippen LogP contribution < -0.4 is 10.2 Å². The molecule has 0 bridgehead atoms. The molecule has 0 aliphatic carbocycles. The molecule has 0 spiro atoms. The smallest absolute Gasteiger partial charge is 0.259 e. The lowest BCUT2D eigenvalue weighted by atomic mass is 10.1. The number of nitrogens with one attached hydrogen (secondary N) is 1. The number of pyridine rings is 1. The number of amides is 1. The van der Waals surface area contributed by atoms with Gasteiger partial charge in [-0.05, 0) is 61.2 Å². The third kappa shape index (κ3) is 3.18. The highest BCUT2D eigenvalue weighted by atomic mass is 16.2. The first kappa shape index (κ1) is 16.3. The maximum absolute atomic E-state index is 13.0. The number of carbonyl (C=O) groups excluding carboxylic acids is 1. The van der Waals surface area contributed by atoms with E-state index in [1.807, 2.05) is 29.2 Å². The summed E-state index contributed by atoms with van der Waals surface area (Å²) in [7, 11) is 0. The number of carbonyl (C=O) groups is 1. The van der Waals surface area contributed by atoms with Gasteiger partial charge in [-0.25, -0.2) is 0 Å². The monoisotopic (exact) mass is 343 g/mol. The molecule has 2 aromatic carbocycles. The molecule has 130 valence electrons. The maximum atomic E-state index is 13.0. The Balaban J connectivity index is 1.59. The van der Waals surface area contributed by atoms with Crippen molar-refractivity contribution in [1.29, 1.82) is 0 Å². The fraction of sp³-hybridized carbons (Fsp3) is 0.182. The molecule has 0 saturated heterocycles. The van der Waals surface area contributed by atoms with Crippen molar-refractivity contribution in [2.75, 3.05) is 16.8 Å². The van der Waals surface area contributed by atoms with Gasteiger partial charge in [-0.1, -0.05) is 24.3 Å². The highest BCUT2D eigenvalue weighted by Gasteiger charge is 2.25. The van der Waals surface area contributed by atoms with Crippen LogP contribution >= 0.6 is 0 Å². The lowest BCUT2D eigenvalue weighted by Gasteiger charge is -2.17. The summed E-state index contributed by atoms with van der Waals surface area (Å²) in [5.41, 5.74) is 7.02. The van der Waals surface area contributed by atoms with E-state index in [9.17, 15) is 4.79 Å². The molecule has 3 aromatic rings. The van der Waals surface area contributed by atoms with Crippen molar-refractivity contribution in [2.45, 2.75) is 20.3 Å². The molecule has 1 N–H and O–H groups in total. The lowest BCUT2D eigenvalue weighted by molar-refractivity contribution is 0.0989. The van der Waals surface area contributed by atoms with E-state index < -0.39 is 0 Å². The number of aromatic nitrogens is 1. The van der Waals surface area contributed by atoms with Crippen molar-refractivity contribution in [3.05, 3.63) is 83.2 Å². The number of hydrogen-bond donors (Lipinski definition) is 1. The van der Waals surface area contributed by atoms with Gasteiger partial charge in [-0.3, -0.25) is 9.78 Å². The molecule has 0 saturated carbocycles. The molecule has 0 radical (unpaired) electrons. The summed E-state index contributed by atoms with van der Waals surface area (Å²) in [5.74, 6) is -0.00785. The van der Waals surface area contributed by atoms with Crippen LogP contribution in [-0.4, -0.2) is 17.4 Å².